The lowest BCUT2D eigenvalue weighted by Gasteiger charge is -2.67. The number of allylic oxidation sites excluding steroid dienone is 1. The minimum Gasteiger partial charge on any atom is -0.389 e. The SMILES string of the molecule is CCN1C(=O)N(CC)[C@]2(CC[C@@]3(O)[C@H]4CC5=C(CC(O)C=C5)[C@@]3(CCN4CC3CC3)C2)C1=O. The first-order valence-corrected chi connectivity index (χ1v) is 13.0. The number of urea groups is 1. The van der Waals surface area contributed by atoms with Gasteiger partial charge < -0.3 is 15.1 Å². The van der Waals surface area contributed by atoms with Crippen LogP contribution in [0.25, 0.3) is 0 Å². The van der Waals surface area contributed by atoms with E-state index in [2.05, 4.69) is 11.0 Å². The molecule has 2 saturated carbocycles. The van der Waals surface area contributed by atoms with Crippen LogP contribution >= 0.6 is 0 Å². The quantitative estimate of drug-likeness (QED) is 0.636. The number of nitrogens with zero attached hydrogens (tertiary/aromatic N) is 3. The summed E-state index contributed by atoms with van der Waals surface area (Å²) in [4.78, 5) is 32.6. The number of likely N-dealkylation sites (tertiary alicyclic amines) is 1. The van der Waals surface area contributed by atoms with Crippen LogP contribution in [0.3, 0.4) is 0 Å². The van der Waals surface area contributed by atoms with Crippen molar-refractivity contribution in [1.29, 1.82) is 0 Å². The summed E-state index contributed by atoms with van der Waals surface area (Å²) >= 11 is 0. The van der Waals surface area contributed by atoms with Gasteiger partial charge in [-0.05, 0) is 83.2 Å². The average molecular weight is 456 g/mol. The number of imide groups is 1. The lowest BCUT2D eigenvalue weighted by Crippen LogP contribution is -2.74. The molecule has 180 valence electrons. The first-order chi connectivity index (χ1) is 15.8. The van der Waals surface area contributed by atoms with Gasteiger partial charge in [0, 0.05) is 31.1 Å². The monoisotopic (exact) mass is 455 g/mol. The van der Waals surface area contributed by atoms with Crippen molar-refractivity contribution in [3.05, 3.63) is 23.3 Å². The molecule has 7 heteroatoms. The molecule has 1 spiro atoms. The Hall–Kier alpha value is -1.70. The van der Waals surface area contributed by atoms with E-state index in [-0.39, 0.29) is 18.0 Å². The minimum atomic E-state index is -0.933. The lowest BCUT2D eigenvalue weighted by molar-refractivity contribution is -0.207. The van der Waals surface area contributed by atoms with Gasteiger partial charge in [0.2, 0.25) is 0 Å². The highest BCUT2D eigenvalue weighted by molar-refractivity contribution is 6.07. The maximum absolute atomic E-state index is 13.8. The molecule has 0 aromatic carbocycles. The van der Waals surface area contributed by atoms with Crippen LogP contribution in [0.2, 0.25) is 0 Å². The van der Waals surface area contributed by atoms with E-state index in [4.69, 9.17) is 0 Å². The molecule has 1 unspecified atom stereocenters. The Morgan fingerprint density at radius 2 is 1.88 bits per heavy atom. The smallest absolute Gasteiger partial charge is 0.327 e. The molecule has 7 nitrogen and oxygen atoms in total. The van der Waals surface area contributed by atoms with Crippen LogP contribution in [0.5, 0.6) is 0 Å². The molecule has 2 aliphatic heterocycles. The number of carbonyl (C=O) groups is 2. The van der Waals surface area contributed by atoms with Gasteiger partial charge in [-0.15, -0.1) is 0 Å². The molecule has 0 aromatic heterocycles. The highest BCUT2D eigenvalue weighted by Crippen LogP contribution is 2.66. The van der Waals surface area contributed by atoms with E-state index in [1.54, 1.807) is 4.90 Å². The number of aliphatic hydroxyl groups excluding tert-OH is 1. The van der Waals surface area contributed by atoms with Gasteiger partial charge in [-0.25, -0.2) is 4.79 Å². The van der Waals surface area contributed by atoms with E-state index < -0.39 is 22.7 Å². The number of carbonyl (C=O) groups excluding carboxylic acids is 2. The van der Waals surface area contributed by atoms with E-state index in [1.807, 2.05) is 19.9 Å². The van der Waals surface area contributed by atoms with Gasteiger partial charge in [0.15, 0.2) is 0 Å². The second kappa shape index (κ2) is 7.15. The molecule has 4 fully saturated rings. The molecule has 2 bridgehead atoms. The average Bonchev–Trinajstić information content (AvgIpc) is 3.58. The summed E-state index contributed by atoms with van der Waals surface area (Å²) in [7, 11) is 0. The molecule has 2 saturated heterocycles. The fourth-order valence-electron chi connectivity index (χ4n) is 8.18. The zero-order chi connectivity index (χ0) is 23.2. The summed E-state index contributed by atoms with van der Waals surface area (Å²) in [6, 6.07) is -0.157. The predicted octanol–water partition coefficient (Wildman–Crippen LogP) is 2.44. The van der Waals surface area contributed by atoms with Crippen molar-refractivity contribution in [3.8, 4) is 0 Å². The molecule has 5 atom stereocenters. The molecule has 6 rings (SSSR count). The number of hydrogen-bond donors (Lipinski definition) is 2. The zero-order valence-corrected chi connectivity index (χ0v) is 19.9. The molecule has 2 heterocycles. The molecule has 6 aliphatic rings. The molecular formula is C26H37N3O4. The Kier molecular flexibility index (Phi) is 4.73. The second-order valence-corrected chi connectivity index (χ2v) is 11.3. The number of likely N-dealkylation sites (N-methyl/N-ethyl adjacent to an activating group) is 2. The highest BCUT2D eigenvalue weighted by Gasteiger charge is 2.72. The fourth-order valence-corrected chi connectivity index (χ4v) is 8.18. The zero-order valence-electron chi connectivity index (χ0n) is 19.9. The Morgan fingerprint density at radius 3 is 2.58 bits per heavy atom. The Morgan fingerprint density at radius 1 is 1.09 bits per heavy atom. The molecular weight excluding hydrogens is 418 g/mol. The Balaban J connectivity index is 1.48. The van der Waals surface area contributed by atoms with E-state index in [0.29, 0.717) is 38.8 Å². The van der Waals surface area contributed by atoms with Crippen molar-refractivity contribution >= 4 is 11.9 Å². The van der Waals surface area contributed by atoms with E-state index in [1.165, 1.54) is 23.3 Å². The van der Waals surface area contributed by atoms with Crippen molar-refractivity contribution in [3.63, 3.8) is 0 Å². The number of amides is 3. The molecule has 3 amide bonds. The van der Waals surface area contributed by atoms with Crippen molar-refractivity contribution < 1.29 is 19.8 Å². The van der Waals surface area contributed by atoms with Gasteiger partial charge in [0.1, 0.15) is 5.54 Å². The third-order valence-corrected chi connectivity index (χ3v) is 9.92. The van der Waals surface area contributed by atoms with Crippen LogP contribution in [0.4, 0.5) is 4.79 Å². The van der Waals surface area contributed by atoms with Crippen LogP contribution in [0.1, 0.15) is 65.2 Å². The number of aliphatic hydroxyl groups is 2. The molecule has 2 N–H and O–H groups in total. The van der Waals surface area contributed by atoms with Crippen molar-refractivity contribution in [2.24, 2.45) is 11.3 Å². The maximum atomic E-state index is 13.8. The summed E-state index contributed by atoms with van der Waals surface area (Å²) in [5.41, 5.74) is -0.0222. The van der Waals surface area contributed by atoms with E-state index in [0.717, 1.165) is 37.4 Å². The third-order valence-electron chi connectivity index (χ3n) is 9.92. The van der Waals surface area contributed by atoms with Crippen LogP contribution in [0, 0.1) is 11.3 Å². The van der Waals surface area contributed by atoms with Crippen molar-refractivity contribution in [1.82, 2.24) is 14.7 Å². The second-order valence-electron chi connectivity index (χ2n) is 11.3. The van der Waals surface area contributed by atoms with Gasteiger partial charge in [0.25, 0.3) is 5.91 Å². The van der Waals surface area contributed by atoms with Crippen LogP contribution in [-0.4, -0.2) is 86.3 Å². The maximum Gasteiger partial charge on any atom is 0.327 e. The van der Waals surface area contributed by atoms with Crippen LogP contribution in [-0.2, 0) is 4.79 Å². The summed E-state index contributed by atoms with van der Waals surface area (Å²) < 4.78 is 0. The number of rotatable bonds is 4. The lowest BCUT2D eigenvalue weighted by atomic mass is 9.45. The standard InChI is InChI=1S/C26H37N3O4/c1-3-28-22(31)25(29(4-2)23(28)32)9-10-26(33)21-13-18-7-8-19(30)14-20(18)24(26,16-25)11-12-27(21)15-17-5-6-17/h7-8,17,19,21,30,33H,3-6,9-16H2,1-2H3/t19?,21-,24-,25+,26-/m1/s1. The summed E-state index contributed by atoms with van der Waals surface area (Å²) in [5, 5.41) is 23.1. The van der Waals surface area contributed by atoms with Crippen LogP contribution < -0.4 is 0 Å². The van der Waals surface area contributed by atoms with Gasteiger partial charge >= 0.3 is 6.03 Å². The largest absolute Gasteiger partial charge is 0.389 e. The Bertz CT molecular complexity index is 957. The number of piperidine rings is 1. The Labute approximate surface area is 196 Å². The first kappa shape index (κ1) is 21.8. The summed E-state index contributed by atoms with van der Waals surface area (Å²) in [6.45, 7) is 6.62. The van der Waals surface area contributed by atoms with Gasteiger partial charge in [-0.3, -0.25) is 14.6 Å². The molecule has 4 aliphatic carbocycles. The summed E-state index contributed by atoms with van der Waals surface area (Å²) in [6.07, 6.45) is 9.55. The van der Waals surface area contributed by atoms with Gasteiger partial charge in [-0.1, -0.05) is 17.7 Å². The normalized spacial score (nSPS) is 42.9. The minimum absolute atomic E-state index is 0.0346. The summed E-state index contributed by atoms with van der Waals surface area (Å²) in [5.74, 6) is 0.655. The van der Waals surface area contributed by atoms with Crippen LogP contribution in [0.15, 0.2) is 23.3 Å². The first-order valence-electron chi connectivity index (χ1n) is 13.0. The van der Waals surface area contributed by atoms with Gasteiger partial charge in [-0.2, -0.15) is 0 Å². The topological polar surface area (TPSA) is 84.3 Å². The number of hydrogen-bond acceptors (Lipinski definition) is 5. The van der Waals surface area contributed by atoms with Crippen molar-refractivity contribution in [2.75, 3.05) is 26.2 Å². The van der Waals surface area contributed by atoms with E-state index in [9.17, 15) is 19.8 Å². The van der Waals surface area contributed by atoms with Gasteiger partial charge in [0.05, 0.1) is 11.7 Å². The molecule has 33 heavy (non-hydrogen) atoms. The fraction of sp³-hybridized carbons (Fsp3) is 0.769. The predicted molar refractivity (Wildman–Crippen MR) is 123 cm³/mol. The highest BCUT2D eigenvalue weighted by atomic mass is 16.3. The third kappa shape index (κ3) is 2.73. The van der Waals surface area contributed by atoms with Crippen molar-refractivity contribution in [2.45, 2.75) is 88.5 Å². The molecule has 0 aromatic rings. The molecule has 0 radical (unpaired) electrons. The van der Waals surface area contributed by atoms with E-state index >= 15 is 0 Å².